The molecule has 26 heavy (non-hydrogen) atoms. The van der Waals surface area contributed by atoms with Crippen LogP contribution in [0.4, 0.5) is 10.1 Å². The van der Waals surface area contributed by atoms with Crippen LogP contribution >= 0.6 is 0 Å². The molecule has 4 saturated carbocycles. The van der Waals surface area contributed by atoms with Crippen molar-refractivity contribution >= 4 is 17.5 Å². The number of anilines is 1. The summed E-state index contributed by atoms with van der Waals surface area (Å²) in [4.78, 5) is 24.2. The zero-order valence-corrected chi connectivity index (χ0v) is 14.9. The van der Waals surface area contributed by atoms with Gasteiger partial charge in [-0.25, -0.2) is 4.39 Å². The second kappa shape index (κ2) is 5.54. The number of amides is 2. The van der Waals surface area contributed by atoms with Crippen LogP contribution in [-0.2, 0) is 22.4 Å². The van der Waals surface area contributed by atoms with Crippen molar-refractivity contribution in [3.8, 4) is 0 Å². The van der Waals surface area contributed by atoms with Gasteiger partial charge in [-0.1, -0.05) is 12.1 Å². The molecule has 4 nitrogen and oxygen atoms in total. The number of nitrogens with one attached hydrogen (secondary N) is 2. The monoisotopic (exact) mass is 356 g/mol. The molecule has 4 aliphatic carbocycles. The zero-order chi connectivity index (χ0) is 17.9. The predicted molar refractivity (Wildman–Crippen MR) is 96.5 cm³/mol. The number of alkyl halides is 1. The summed E-state index contributed by atoms with van der Waals surface area (Å²) in [6.07, 6.45) is 6.43. The summed E-state index contributed by atoms with van der Waals surface area (Å²) in [7, 11) is 0. The van der Waals surface area contributed by atoms with Crippen LogP contribution in [0, 0.1) is 11.8 Å². The Labute approximate surface area is 152 Å². The van der Waals surface area contributed by atoms with Gasteiger partial charge in [0.05, 0.1) is 6.42 Å². The number of hydrogen-bond acceptors (Lipinski definition) is 2. The van der Waals surface area contributed by atoms with Crippen molar-refractivity contribution in [1.29, 1.82) is 0 Å². The highest BCUT2D eigenvalue weighted by atomic mass is 19.1. The molecule has 0 radical (unpaired) electrons. The molecule has 1 aliphatic heterocycles. The molecule has 2 N–H and O–H groups in total. The molecule has 2 unspecified atom stereocenters. The van der Waals surface area contributed by atoms with Crippen molar-refractivity contribution in [3.05, 3.63) is 29.3 Å². The molecule has 4 bridgehead atoms. The smallest absolute Gasteiger partial charge is 0.224 e. The molecule has 4 fully saturated rings. The van der Waals surface area contributed by atoms with Gasteiger partial charge in [0.2, 0.25) is 11.8 Å². The average Bonchev–Trinajstić information content (AvgIpc) is 2.52. The number of hydrogen-bond donors (Lipinski definition) is 2. The number of benzene rings is 1. The maximum atomic E-state index is 15.0. The maximum Gasteiger partial charge on any atom is 0.224 e. The van der Waals surface area contributed by atoms with Gasteiger partial charge in [0.1, 0.15) is 5.67 Å². The third kappa shape index (κ3) is 2.81. The van der Waals surface area contributed by atoms with Crippen molar-refractivity contribution in [1.82, 2.24) is 5.32 Å². The first-order valence-corrected chi connectivity index (χ1v) is 9.82. The van der Waals surface area contributed by atoms with Crippen LogP contribution in [0.25, 0.3) is 0 Å². The van der Waals surface area contributed by atoms with Gasteiger partial charge in [0, 0.05) is 24.1 Å². The third-order valence-corrected chi connectivity index (χ3v) is 6.82. The summed E-state index contributed by atoms with van der Waals surface area (Å²) in [5.41, 5.74) is 1.52. The average molecular weight is 356 g/mol. The van der Waals surface area contributed by atoms with Gasteiger partial charge < -0.3 is 10.6 Å². The fourth-order valence-corrected chi connectivity index (χ4v) is 6.37. The molecule has 1 aromatic rings. The van der Waals surface area contributed by atoms with Crippen LogP contribution in [-0.4, -0.2) is 23.0 Å². The van der Waals surface area contributed by atoms with Gasteiger partial charge in [-0.2, -0.15) is 0 Å². The summed E-state index contributed by atoms with van der Waals surface area (Å²) < 4.78 is 15.0. The lowest BCUT2D eigenvalue weighted by Crippen LogP contribution is -2.64. The lowest BCUT2D eigenvalue weighted by atomic mass is 9.51. The molecule has 2 atom stereocenters. The molecule has 0 aromatic heterocycles. The Bertz CT molecular complexity index is 776. The predicted octanol–water partition coefficient (Wildman–Crippen LogP) is 3.29. The minimum absolute atomic E-state index is 0.00431. The highest BCUT2D eigenvalue weighted by Gasteiger charge is 2.58. The van der Waals surface area contributed by atoms with Crippen molar-refractivity contribution in [2.24, 2.45) is 11.8 Å². The second-order valence-corrected chi connectivity index (χ2v) is 9.16. The Morgan fingerprint density at radius 3 is 2.69 bits per heavy atom. The van der Waals surface area contributed by atoms with Crippen molar-refractivity contribution < 1.29 is 14.0 Å². The van der Waals surface area contributed by atoms with Crippen molar-refractivity contribution in [2.75, 3.05) is 5.32 Å². The Morgan fingerprint density at radius 2 is 1.96 bits per heavy atom. The third-order valence-electron chi connectivity index (χ3n) is 6.82. The number of carbonyl (C=O) groups is 2. The van der Waals surface area contributed by atoms with E-state index >= 15 is 4.39 Å². The molecule has 2 amide bonds. The lowest BCUT2D eigenvalue weighted by Gasteiger charge is -2.59. The first-order chi connectivity index (χ1) is 12.4. The van der Waals surface area contributed by atoms with Gasteiger partial charge in [-0.05, 0) is 67.6 Å². The zero-order valence-electron chi connectivity index (χ0n) is 14.9. The number of carbonyl (C=O) groups excluding carboxylic acids is 2. The number of halogens is 1. The molecule has 5 heteroatoms. The van der Waals surface area contributed by atoms with Gasteiger partial charge in [0.25, 0.3) is 0 Å². The minimum Gasteiger partial charge on any atom is -0.350 e. The Balaban J connectivity index is 1.29. The standard InChI is InChI=1S/C21H25FN2O2/c22-20-8-14-5-15(9-20)11-21(10-14,12-20)24-19(26)7-13-1-3-17-16(6-13)2-4-18(25)23-17/h1,3,6,14-15H,2,4-5,7-12H2,(H,23,25)(H,24,26). The van der Waals surface area contributed by atoms with Gasteiger partial charge in [-0.3, -0.25) is 9.59 Å². The summed E-state index contributed by atoms with van der Waals surface area (Å²) >= 11 is 0. The molecular formula is C21H25FN2O2. The lowest BCUT2D eigenvalue weighted by molar-refractivity contribution is -0.132. The SMILES string of the molecule is O=C1CCc2cc(CC(=O)NC34CC5CC(CC(F)(C5)C3)C4)ccc2N1. The summed E-state index contributed by atoms with van der Waals surface area (Å²) in [5, 5.41) is 6.10. The molecule has 5 aliphatic rings. The van der Waals surface area contributed by atoms with Crippen LogP contribution in [0.2, 0.25) is 0 Å². The molecular weight excluding hydrogens is 331 g/mol. The topological polar surface area (TPSA) is 58.2 Å². The fourth-order valence-electron chi connectivity index (χ4n) is 6.37. The number of rotatable bonds is 3. The van der Waals surface area contributed by atoms with E-state index < -0.39 is 5.67 Å². The number of fused-ring (bicyclic) bond motifs is 1. The highest BCUT2D eigenvalue weighted by Crippen LogP contribution is 2.59. The van der Waals surface area contributed by atoms with E-state index in [1.54, 1.807) is 0 Å². The van der Waals surface area contributed by atoms with Gasteiger partial charge in [0.15, 0.2) is 0 Å². The first kappa shape index (κ1) is 16.3. The Kier molecular flexibility index (Phi) is 3.47. The molecule has 138 valence electrons. The van der Waals surface area contributed by atoms with Crippen LogP contribution in [0.5, 0.6) is 0 Å². The molecule has 1 aromatic carbocycles. The second-order valence-electron chi connectivity index (χ2n) is 9.16. The summed E-state index contributed by atoms with van der Waals surface area (Å²) in [6, 6.07) is 5.81. The minimum atomic E-state index is -1.05. The van der Waals surface area contributed by atoms with E-state index in [9.17, 15) is 9.59 Å². The molecule has 0 saturated heterocycles. The Hall–Kier alpha value is -1.91. The first-order valence-electron chi connectivity index (χ1n) is 9.82. The fraction of sp³-hybridized carbons (Fsp3) is 0.619. The largest absolute Gasteiger partial charge is 0.350 e. The van der Waals surface area contributed by atoms with E-state index in [-0.39, 0.29) is 17.4 Å². The molecule has 1 heterocycles. The van der Waals surface area contributed by atoms with E-state index in [1.807, 2.05) is 18.2 Å². The van der Waals surface area contributed by atoms with Gasteiger partial charge in [-0.15, -0.1) is 0 Å². The van der Waals surface area contributed by atoms with E-state index in [0.29, 0.717) is 50.4 Å². The van der Waals surface area contributed by atoms with Crippen LogP contribution < -0.4 is 10.6 Å². The normalized spacial score (nSPS) is 37.2. The van der Waals surface area contributed by atoms with E-state index in [4.69, 9.17) is 0 Å². The maximum absolute atomic E-state index is 15.0. The number of aryl methyl sites for hydroxylation is 1. The van der Waals surface area contributed by atoms with Crippen LogP contribution in [0.3, 0.4) is 0 Å². The molecule has 0 spiro atoms. The summed E-state index contributed by atoms with van der Waals surface area (Å²) in [6.45, 7) is 0. The Morgan fingerprint density at radius 1 is 1.19 bits per heavy atom. The highest BCUT2D eigenvalue weighted by molar-refractivity contribution is 5.94. The van der Waals surface area contributed by atoms with Gasteiger partial charge >= 0.3 is 0 Å². The quantitative estimate of drug-likeness (QED) is 0.873. The van der Waals surface area contributed by atoms with Crippen LogP contribution in [0.1, 0.15) is 56.1 Å². The van der Waals surface area contributed by atoms with Crippen LogP contribution in [0.15, 0.2) is 18.2 Å². The van der Waals surface area contributed by atoms with E-state index in [1.165, 1.54) is 0 Å². The summed E-state index contributed by atoms with van der Waals surface area (Å²) in [5.74, 6) is 0.920. The van der Waals surface area contributed by atoms with Crippen molar-refractivity contribution in [2.45, 2.75) is 69.0 Å². The van der Waals surface area contributed by atoms with E-state index in [0.717, 1.165) is 36.1 Å². The van der Waals surface area contributed by atoms with Crippen molar-refractivity contribution in [3.63, 3.8) is 0 Å². The van der Waals surface area contributed by atoms with E-state index in [2.05, 4.69) is 10.6 Å². The molecule has 6 rings (SSSR count).